The normalized spacial score (nSPS) is 22.7. The molecule has 1 unspecified atom stereocenters. The fourth-order valence-electron chi connectivity index (χ4n) is 4.31. The monoisotopic (exact) mass is 406 g/mol. The molecule has 0 saturated heterocycles. The number of thioether (sulfide) groups is 1. The maximum atomic E-state index is 9.81. The Labute approximate surface area is 175 Å². The van der Waals surface area contributed by atoms with Crippen molar-refractivity contribution in [2.45, 2.75) is 49.8 Å². The zero-order valence-electron chi connectivity index (χ0n) is 16.9. The fraction of sp³-hybridized carbons (Fsp3) is 0.435. The predicted molar refractivity (Wildman–Crippen MR) is 116 cm³/mol. The summed E-state index contributed by atoms with van der Waals surface area (Å²) in [4.78, 5) is 4.41. The van der Waals surface area contributed by atoms with Crippen LogP contribution in [0.25, 0.3) is 11.1 Å². The Bertz CT molecular complexity index is 1020. The lowest BCUT2D eigenvalue weighted by molar-refractivity contribution is 0.254. The van der Waals surface area contributed by atoms with Crippen LogP contribution in [0.1, 0.15) is 42.7 Å². The third-order valence-electron chi connectivity index (χ3n) is 6.32. The van der Waals surface area contributed by atoms with E-state index in [1.165, 1.54) is 11.1 Å². The van der Waals surface area contributed by atoms with Gasteiger partial charge in [0.25, 0.3) is 0 Å². The third-order valence-corrected chi connectivity index (χ3v) is 7.68. The second-order valence-electron chi connectivity index (χ2n) is 8.57. The van der Waals surface area contributed by atoms with Crippen LogP contribution in [0.15, 0.2) is 42.6 Å². The van der Waals surface area contributed by atoms with E-state index in [4.69, 9.17) is 0 Å². The van der Waals surface area contributed by atoms with Gasteiger partial charge < -0.3 is 9.67 Å². The highest BCUT2D eigenvalue weighted by Gasteiger charge is 2.50. The molecule has 2 aliphatic rings. The smallest absolute Gasteiger partial charge is 0.143 e. The highest BCUT2D eigenvalue weighted by atomic mass is 32.2. The van der Waals surface area contributed by atoms with E-state index in [9.17, 15) is 5.11 Å². The molecule has 5 rings (SSSR count). The van der Waals surface area contributed by atoms with Gasteiger partial charge in [0.05, 0.1) is 12.0 Å². The summed E-state index contributed by atoms with van der Waals surface area (Å²) >= 11 is 1.84. The lowest BCUT2D eigenvalue weighted by Gasteiger charge is -2.23. The van der Waals surface area contributed by atoms with Crippen molar-refractivity contribution in [1.29, 1.82) is 0 Å². The predicted octanol–water partition coefficient (Wildman–Crippen LogP) is 3.77. The van der Waals surface area contributed by atoms with Crippen LogP contribution < -0.4 is 0 Å². The maximum absolute atomic E-state index is 9.81. The van der Waals surface area contributed by atoms with E-state index in [1.54, 1.807) is 0 Å². The van der Waals surface area contributed by atoms with Crippen molar-refractivity contribution in [3.8, 4) is 11.1 Å². The number of hydrogen-bond donors (Lipinski definition) is 1. The molecule has 2 aromatic heterocycles. The summed E-state index contributed by atoms with van der Waals surface area (Å²) in [7, 11) is 0. The van der Waals surface area contributed by atoms with Crippen LogP contribution in [0.5, 0.6) is 0 Å². The minimum absolute atomic E-state index is 0.0140. The van der Waals surface area contributed by atoms with Gasteiger partial charge in [-0.25, -0.2) is 0 Å². The first-order valence-corrected chi connectivity index (χ1v) is 11.2. The van der Waals surface area contributed by atoms with E-state index in [-0.39, 0.29) is 16.8 Å². The van der Waals surface area contributed by atoms with E-state index in [2.05, 4.69) is 63.1 Å². The SMILES string of the molecule is Cc1ccc(-c2ccc(C3(c4nnc5n4CCSC(C)(CO)C5)CC3)cc2)cn1. The van der Waals surface area contributed by atoms with Gasteiger partial charge in [-0.3, -0.25) is 4.98 Å². The standard InChI is InChI=1S/C23H26N4OS/c1-16-3-4-18(14-24-16)17-5-7-19(8-6-17)23(9-10-23)21-26-25-20-13-22(2,15-28)29-12-11-27(20)21/h3-8,14,28H,9-13,15H2,1-2H3. The Kier molecular flexibility index (Phi) is 4.51. The average molecular weight is 407 g/mol. The minimum atomic E-state index is -0.168. The number of pyridine rings is 1. The number of benzene rings is 1. The summed E-state index contributed by atoms with van der Waals surface area (Å²) in [5.74, 6) is 3.08. The van der Waals surface area contributed by atoms with Crippen LogP contribution in [-0.2, 0) is 18.4 Å². The van der Waals surface area contributed by atoms with Crippen molar-refractivity contribution in [1.82, 2.24) is 19.7 Å². The second kappa shape index (κ2) is 6.96. The molecule has 1 fully saturated rings. The number of rotatable bonds is 4. The molecule has 1 aliphatic heterocycles. The van der Waals surface area contributed by atoms with E-state index in [0.29, 0.717) is 0 Å². The fourth-order valence-corrected chi connectivity index (χ4v) is 5.40. The summed E-state index contributed by atoms with van der Waals surface area (Å²) in [5.41, 5.74) is 4.67. The van der Waals surface area contributed by atoms with Crippen molar-refractivity contribution in [3.05, 3.63) is 65.5 Å². The molecule has 1 aliphatic carbocycles. The van der Waals surface area contributed by atoms with Gasteiger partial charge in [0.1, 0.15) is 11.6 Å². The number of hydrogen-bond acceptors (Lipinski definition) is 5. The maximum Gasteiger partial charge on any atom is 0.143 e. The Morgan fingerprint density at radius 3 is 2.48 bits per heavy atom. The summed E-state index contributed by atoms with van der Waals surface area (Å²) in [6, 6.07) is 13.0. The molecule has 3 heterocycles. The Morgan fingerprint density at radius 1 is 1.07 bits per heavy atom. The Morgan fingerprint density at radius 2 is 1.83 bits per heavy atom. The van der Waals surface area contributed by atoms with Crippen LogP contribution in [0.2, 0.25) is 0 Å². The molecule has 0 spiro atoms. The van der Waals surface area contributed by atoms with Crippen molar-refractivity contribution in [2.75, 3.05) is 12.4 Å². The molecule has 5 nitrogen and oxygen atoms in total. The first-order chi connectivity index (χ1) is 14.0. The molecule has 150 valence electrons. The third kappa shape index (κ3) is 3.28. The summed E-state index contributed by atoms with van der Waals surface area (Å²) in [6.07, 6.45) is 4.92. The van der Waals surface area contributed by atoms with E-state index in [1.807, 2.05) is 24.9 Å². The molecule has 1 aromatic carbocycles. The number of aliphatic hydroxyl groups is 1. The van der Waals surface area contributed by atoms with Gasteiger partial charge >= 0.3 is 0 Å². The second-order valence-corrected chi connectivity index (χ2v) is 10.3. The van der Waals surface area contributed by atoms with E-state index < -0.39 is 0 Å². The van der Waals surface area contributed by atoms with Crippen LogP contribution in [0.3, 0.4) is 0 Å². The van der Waals surface area contributed by atoms with Gasteiger partial charge in [-0.05, 0) is 43.9 Å². The highest BCUT2D eigenvalue weighted by molar-refractivity contribution is 8.00. The Balaban J connectivity index is 1.46. The Hall–Kier alpha value is -2.18. The summed E-state index contributed by atoms with van der Waals surface area (Å²) in [5, 5.41) is 19.0. The average Bonchev–Trinajstić information content (AvgIpc) is 3.49. The molecule has 0 bridgehead atoms. The van der Waals surface area contributed by atoms with Crippen molar-refractivity contribution in [3.63, 3.8) is 0 Å². The van der Waals surface area contributed by atoms with Gasteiger partial charge in [0.15, 0.2) is 0 Å². The topological polar surface area (TPSA) is 63.8 Å². The zero-order chi connectivity index (χ0) is 20.1. The quantitative estimate of drug-likeness (QED) is 0.715. The number of nitrogens with zero attached hydrogens (tertiary/aromatic N) is 4. The molecule has 0 radical (unpaired) electrons. The largest absolute Gasteiger partial charge is 0.395 e. The van der Waals surface area contributed by atoms with E-state index in [0.717, 1.165) is 54.5 Å². The highest BCUT2D eigenvalue weighted by Crippen LogP contribution is 2.53. The zero-order valence-corrected chi connectivity index (χ0v) is 17.7. The summed E-state index contributed by atoms with van der Waals surface area (Å²) in [6.45, 7) is 5.20. The van der Waals surface area contributed by atoms with Gasteiger partial charge in [-0.2, -0.15) is 11.8 Å². The summed E-state index contributed by atoms with van der Waals surface area (Å²) < 4.78 is 2.15. The molecule has 6 heteroatoms. The lowest BCUT2D eigenvalue weighted by atomic mass is 9.93. The van der Waals surface area contributed by atoms with Crippen molar-refractivity contribution >= 4 is 11.8 Å². The molecular weight excluding hydrogens is 380 g/mol. The molecule has 1 atom stereocenters. The first-order valence-electron chi connectivity index (χ1n) is 10.2. The first kappa shape index (κ1) is 18.8. The van der Waals surface area contributed by atoms with Crippen LogP contribution in [0, 0.1) is 6.92 Å². The molecular formula is C23H26N4OS. The van der Waals surface area contributed by atoms with Gasteiger partial charge in [0.2, 0.25) is 0 Å². The van der Waals surface area contributed by atoms with Crippen molar-refractivity contribution < 1.29 is 5.11 Å². The van der Waals surface area contributed by atoms with Crippen LogP contribution in [0.4, 0.5) is 0 Å². The number of fused-ring (bicyclic) bond motifs is 1. The lowest BCUT2D eigenvalue weighted by Crippen LogP contribution is -2.28. The van der Waals surface area contributed by atoms with Gasteiger partial charge in [0, 0.05) is 40.9 Å². The van der Waals surface area contributed by atoms with Gasteiger partial charge in [-0.1, -0.05) is 30.3 Å². The van der Waals surface area contributed by atoms with Crippen molar-refractivity contribution in [2.24, 2.45) is 0 Å². The molecule has 3 aromatic rings. The number of aromatic nitrogens is 4. The molecule has 0 amide bonds. The molecule has 1 N–H and O–H groups in total. The molecule has 29 heavy (non-hydrogen) atoms. The molecule has 1 saturated carbocycles. The minimum Gasteiger partial charge on any atom is -0.395 e. The van der Waals surface area contributed by atoms with Crippen LogP contribution >= 0.6 is 11.8 Å². The number of aliphatic hydroxyl groups excluding tert-OH is 1. The number of aryl methyl sites for hydroxylation is 1. The van der Waals surface area contributed by atoms with Crippen LogP contribution in [-0.4, -0.2) is 42.0 Å². The van der Waals surface area contributed by atoms with E-state index >= 15 is 0 Å². The van der Waals surface area contributed by atoms with Gasteiger partial charge in [-0.15, -0.1) is 10.2 Å².